The van der Waals surface area contributed by atoms with Crippen molar-refractivity contribution >= 4 is 28.6 Å². The van der Waals surface area contributed by atoms with E-state index in [1.165, 1.54) is 11.3 Å². The molecule has 4 rings (SSSR count). The number of pyridine rings is 1. The quantitative estimate of drug-likeness (QED) is 0.754. The molecule has 3 heterocycles. The van der Waals surface area contributed by atoms with Gasteiger partial charge in [0.15, 0.2) is 0 Å². The summed E-state index contributed by atoms with van der Waals surface area (Å²) in [5, 5.41) is 10.9. The lowest BCUT2D eigenvalue weighted by molar-refractivity contribution is 0.0983. The van der Waals surface area contributed by atoms with Crippen LogP contribution < -0.4 is 9.80 Å². The van der Waals surface area contributed by atoms with E-state index in [-0.39, 0.29) is 11.9 Å². The number of rotatable bonds is 3. The van der Waals surface area contributed by atoms with E-state index in [0.717, 1.165) is 21.9 Å². The van der Waals surface area contributed by atoms with E-state index >= 15 is 0 Å². The molecule has 27 heavy (non-hydrogen) atoms. The topological polar surface area (TPSA) is 69.6 Å². The molecule has 6 nitrogen and oxygen atoms in total. The van der Waals surface area contributed by atoms with Gasteiger partial charge >= 0.3 is 0 Å². The summed E-state index contributed by atoms with van der Waals surface area (Å²) >= 11 is 1.37. The highest BCUT2D eigenvalue weighted by Gasteiger charge is 2.34. The second kappa shape index (κ2) is 7.09. The number of aromatic nitrogens is 2. The molecule has 0 spiro atoms. The number of aliphatic hydroxyl groups is 1. The number of fused-ring (bicyclic) bond motifs is 1. The summed E-state index contributed by atoms with van der Waals surface area (Å²) in [6.45, 7) is 4.26. The van der Waals surface area contributed by atoms with Crippen molar-refractivity contribution in [1.82, 2.24) is 9.97 Å². The van der Waals surface area contributed by atoms with Crippen molar-refractivity contribution in [1.29, 1.82) is 0 Å². The largest absolute Gasteiger partial charge is 0.374 e. The second-order valence-electron chi connectivity index (χ2n) is 6.56. The smallest absolute Gasteiger partial charge is 0.270 e. The van der Waals surface area contributed by atoms with Crippen molar-refractivity contribution < 1.29 is 9.90 Å². The van der Waals surface area contributed by atoms with Crippen molar-refractivity contribution in [2.45, 2.75) is 26.1 Å². The van der Waals surface area contributed by atoms with Gasteiger partial charge in [0.25, 0.3) is 5.91 Å². The van der Waals surface area contributed by atoms with Crippen LogP contribution in [-0.4, -0.2) is 39.8 Å². The molecule has 1 N–H and O–H groups in total. The van der Waals surface area contributed by atoms with Crippen LogP contribution in [0.15, 0.2) is 55.0 Å². The van der Waals surface area contributed by atoms with Crippen molar-refractivity contribution in [3.05, 3.63) is 59.9 Å². The summed E-state index contributed by atoms with van der Waals surface area (Å²) < 4.78 is 0. The molecule has 1 amide bonds. The van der Waals surface area contributed by atoms with Gasteiger partial charge in [-0.05, 0) is 38.1 Å². The Bertz CT molecular complexity index is 957. The van der Waals surface area contributed by atoms with Crippen LogP contribution in [0.5, 0.6) is 0 Å². The van der Waals surface area contributed by atoms with Gasteiger partial charge in [-0.15, -0.1) is 11.3 Å². The Labute approximate surface area is 161 Å². The van der Waals surface area contributed by atoms with Gasteiger partial charge in [0, 0.05) is 30.5 Å². The fourth-order valence-electron chi connectivity index (χ4n) is 3.49. The molecular weight excluding hydrogens is 360 g/mol. The predicted molar refractivity (Wildman–Crippen MR) is 107 cm³/mol. The minimum Gasteiger partial charge on any atom is -0.374 e. The molecule has 0 aliphatic carbocycles. The van der Waals surface area contributed by atoms with Gasteiger partial charge in [-0.25, -0.2) is 4.98 Å². The van der Waals surface area contributed by atoms with Crippen LogP contribution in [0, 0.1) is 0 Å². The number of benzene rings is 1. The number of para-hydroxylation sites is 2. The van der Waals surface area contributed by atoms with Crippen LogP contribution in [-0.2, 0) is 0 Å². The molecule has 0 fully saturated rings. The first-order valence-corrected chi connectivity index (χ1v) is 9.61. The Hall–Kier alpha value is -2.77. The van der Waals surface area contributed by atoms with E-state index in [1.54, 1.807) is 30.4 Å². The molecule has 1 aliphatic heterocycles. The monoisotopic (exact) mass is 380 g/mol. The Morgan fingerprint density at radius 1 is 1.22 bits per heavy atom. The number of hydrogen-bond acceptors (Lipinski definition) is 6. The Morgan fingerprint density at radius 3 is 2.70 bits per heavy atom. The van der Waals surface area contributed by atoms with Crippen LogP contribution in [0.4, 0.5) is 11.4 Å². The summed E-state index contributed by atoms with van der Waals surface area (Å²) in [5.74, 6) is -0.0767. The lowest BCUT2D eigenvalue weighted by atomic mass is 10.1. The van der Waals surface area contributed by atoms with E-state index in [9.17, 15) is 9.90 Å². The highest BCUT2D eigenvalue weighted by molar-refractivity contribution is 7.17. The zero-order valence-corrected chi connectivity index (χ0v) is 15.9. The lowest BCUT2D eigenvalue weighted by Crippen LogP contribution is -2.52. The number of carbonyl (C=O) groups is 1. The first-order valence-electron chi connectivity index (χ1n) is 8.80. The third-order valence-corrected chi connectivity index (χ3v) is 5.68. The standard InChI is InChI=1S/C20H20N4O2S/c1-13-12-23(16-7-3-4-8-17(16)24(13)14(2)25)20(26)18-11-22-19(27-18)15-6-5-9-21-10-15/h3-11,13-14,25H,12H2,1-2H3/t13-,14?/m0/s1. The summed E-state index contributed by atoms with van der Waals surface area (Å²) in [6, 6.07) is 11.5. The maximum atomic E-state index is 13.2. The maximum Gasteiger partial charge on any atom is 0.270 e. The molecule has 3 aromatic rings. The predicted octanol–water partition coefficient (Wildman–Crippen LogP) is 3.40. The molecule has 1 aliphatic rings. The Kier molecular flexibility index (Phi) is 4.63. The first-order chi connectivity index (χ1) is 13.1. The van der Waals surface area contributed by atoms with Gasteiger partial charge in [0.1, 0.15) is 16.1 Å². The molecule has 0 saturated carbocycles. The van der Waals surface area contributed by atoms with E-state index in [4.69, 9.17) is 0 Å². The molecule has 2 aromatic heterocycles. The third kappa shape index (κ3) is 3.20. The van der Waals surface area contributed by atoms with Gasteiger partial charge in [-0.3, -0.25) is 9.78 Å². The molecule has 138 valence electrons. The van der Waals surface area contributed by atoms with Gasteiger partial charge in [0.05, 0.1) is 17.6 Å². The average molecular weight is 380 g/mol. The molecule has 1 aromatic carbocycles. The van der Waals surface area contributed by atoms with Crippen LogP contribution >= 0.6 is 11.3 Å². The van der Waals surface area contributed by atoms with E-state index in [2.05, 4.69) is 9.97 Å². The van der Waals surface area contributed by atoms with Gasteiger partial charge in [-0.2, -0.15) is 0 Å². The summed E-state index contributed by atoms with van der Waals surface area (Å²) in [7, 11) is 0. The summed E-state index contributed by atoms with van der Waals surface area (Å²) in [5.41, 5.74) is 2.56. The Morgan fingerprint density at radius 2 is 2.00 bits per heavy atom. The fourth-order valence-corrected chi connectivity index (χ4v) is 4.34. The Balaban J connectivity index is 1.68. The molecule has 0 radical (unpaired) electrons. The number of amides is 1. The zero-order valence-electron chi connectivity index (χ0n) is 15.1. The number of hydrogen-bond donors (Lipinski definition) is 1. The van der Waals surface area contributed by atoms with Crippen LogP contribution in [0.1, 0.15) is 23.5 Å². The molecular formula is C20H20N4O2S. The normalized spacial score (nSPS) is 17.5. The minimum atomic E-state index is -0.626. The molecule has 0 saturated heterocycles. The highest BCUT2D eigenvalue weighted by Crippen LogP contribution is 2.37. The van der Waals surface area contributed by atoms with E-state index in [0.29, 0.717) is 11.4 Å². The van der Waals surface area contributed by atoms with Gasteiger partial charge < -0.3 is 14.9 Å². The summed E-state index contributed by atoms with van der Waals surface area (Å²) in [4.78, 5) is 26.0. The number of carbonyl (C=O) groups excluding carboxylic acids is 1. The third-order valence-electron chi connectivity index (χ3n) is 4.65. The summed E-state index contributed by atoms with van der Waals surface area (Å²) in [6.07, 6.45) is 4.46. The fraction of sp³-hybridized carbons (Fsp3) is 0.250. The van der Waals surface area contributed by atoms with Gasteiger partial charge in [0.2, 0.25) is 0 Å². The minimum absolute atomic E-state index is 0.00503. The van der Waals surface area contributed by atoms with Crippen molar-refractivity contribution in [3.8, 4) is 10.6 Å². The molecule has 2 atom stereocenters. The van der Waals surface area contributed by atoms with Crippen molar-refractivity contribution in [2.75, 3.05) is 16.3 Å². The average Bonchev–Trinajstić information content (AvgIpc) is 3.17. The zero-order chi connectivity index (χ0) is 19.0. The van der Waals surface area contributed by atoms with E-state index < -0.39 is 6.23 Å². The van der Waals surface area contributed by atoms with Crippen molar-refractivity contribution in [3.63, 3.8) is 0 Å². The number of thiazole rings is 1. The lowest BCUT2D eigenvalue weighted by Gasteiger charge is -2.43. The second-order valence-corrected chi connectivity index (χ2v) is 7.59. The van der Waals surface area contributed by atoms with Gasteiger partial charge in [-0.1, -0.05) is 12.1 Å². The SMILES string of the molecule is CC(O)N1c2ccccc2N(C(=O)c2cnc(-c3cccnc3)s2)C[C@@H]1C. The first kappa shape index (κ1) is 17.6. The highest BCUT2D eigenvalue weighted by atomic mass is 32.1. The molecule has 7 heteroatoms. The van der Waals surface area contributed by atoms with Crippen LogP contribution in [0.2, 0.25) is 0 Å². The van der Waals surface area contributed by atoms with E-state index in [1.807, 2.05) is 48.2 Å². The molecule has 0 bridgehead atoms. The number of aliphatic hydroxyl groups excluding tert-OH is 1. The van der Waals surface area contributed by atoms with Crippen molar-refractivity contribution in [2.24, 2.45) is 0 Å². The number of nitrogens with zero attached hydrogens (tertiary/aromatic N) is 4. The number of anilines is 2. The maximum absolute atomic E-state index is 13.2. The molecule has 1 unspecified atom stereocenters. The van der Waals surface area contributed by atoms with Crippen LogP contribution in [0.3, 0.4) is 0 Å². The van der Waals surface area contributed by atoms with Crippen LogP contribution in [0.25, 0.3) is 10.6 Å².